The number of aliphatic carboxylic acids is 1. The van der Waals surface area contributed by atoms with Crippen LogP contribution in [0.25, 0.3) is 21.0 Å². The predicted molar refractivity (Wildman–Crippen MR) is 151 cm³/mol. The van der Waals surface area contributed by atoms with Crippen molar-refractivity contribution in [3.63, 3.8) is 0 Å². The summed E-state index contributed by atoms with van der Waals surface area (Å²) in [6, 6.07) is 7.50. The molecule has 1 aliphatic heterocycles. The standard InChI is InChI=1S/C29H31N3O8S/c1-17-22-25(33)32(16-29(9-10-29)27(34)35)28(36)31(26(22)41-23(17)24-30-11-14-39-24)15-21(40-18-7-12-38-13-8-18)19-5-3-4-6-20(19)37-2/h3-6,11,14,18,21H,7-10,12-13,15-16H2,1-2H3,(H,34,35)/t21-/m0/s1. The SMILES string of the molecule is COc1ccccc1[C@H](Cn1c(=O)n(CC2(C(=O)O)CC2)c(=O)c2c(C)c(-c3ncco3)sc21)OC1CCOCC1. The summed E-state index contributed by atoms with van der Waals surface area (Å²) in [4.78, 5) is 45.4. The highest BCUT2D eigenvalue weighted by atomic mass is 32.1. The molecule has 1 aliphatic carbocycles. The minimum absolute atomic E-state index is 0.0817. The number of para-hydroxylation sites is 1. The number of carbonyl (C=O) groups is 1. The molecule has 0 amide bonds. The number of carboxylic acid groups (broad SMARTS) is 1. The number of thiophene rings is 1. The first-order valence-corrected chi connectivity index (χ1v) is 14.4. The molecule has 11 nitrogen and oxygen atoms in total. The number of benzene rings is 1. The third-order valence-corrected chi connectivity index (χ3v) is 9.35. The number of ether oxygens (including phenoxy) is 3. The lowest BCUT2D eigenvalue weighted by molar-refractivity contribution is -0.144. The van der Waals surface area contributed by atoms with Crippen molar-refractivity contribution in [2.24, 2.45) is 5.41 Å². The van der Waals surface area contributed by atoms with Gasteiger partial charge in [-0.05, 0) is 44.2 Å². The largest absolute Gasteiger partial charge is 0.496 e. The zero-order chi connectivity index (χ0) is 28.7. The van der Waals surface area contributed by atoms with E-state index in [0.29, 0.717) is 71.2 Å². The van der Waals surface area contributed by atoms with Gasteiger partial charge in [-0.3, -0.25) is 18.7 Å². The summed E-state index contributed by atoms with van der Waals surface area (Å²) in [5, 5.41) is 10.2. The number of hydrogen-bond donors (Lipinski definition) is 1. The van der Waals surface area contributed by atoms with Crippen LogP contribution in [0, 0.1) is 12.3 Å². The molecule has 3 aromatic heterocycles. The van der Waals surface area contributed by atoms with Gasteiger partial charge >= 0.3 is 11.7 Å². The van der Waals surface area contributed by atoms with Crippen molar-refractivity contribution in [2.75, 3.05) is 20.3 Å². The average Bonchev–Trinajstić information content (AvgIpc) is 3.42. The molecule has 12 heteroatoms. The van der Waals surface area contributed by atoms with Crippen molar-refractivity contribution in [2.45, 2.75) is 57.9 Å². The Morgan fingerprint density at radius 1 is 1.22 bits per heavy atom. The first-order chi connectivity index (χ1) is 19.8. The van der Waals surface area contributed by atoms with Gasteiger partial charge in [0.25, 0.3) is 5.56 Å². The average molecular weight is 582 g/mol. The smallest absolute Gasteiger partial charge is 0.332 e. The summed E-state index contributed by atoms with van der Waals surface area (Å²) in [5.74, 6) is -0.0434. The predicted octanol–water partition coefficient (Wildman–Crippen LogP) is 4.00. The summed E-state index contributed by atoms with van der Waals surface area (Å²) in [7, 11) is 1.58. The number of carboxylic acids is 1. The van der Waals surface area contributed by atoms with E-state index in [-0.39, 0.29) is 19.2 Å². The van der Waals surface area contributed by atoms with Crippen molar-refractivity contribution in [1.29, 1.82) is 0 Å². The van der Waals surface area contributed by atoms with Crippen LogP contribution in [0.2, 0.25) is 0 Å². The number of nitrogens with zero attached hydrogens (tertiary/aromatic N) is 3. The molecule has 6 rings (SSSR count). The van der Waals surface area contributed by atoms with E-state index < -0.39 is 28.7 Å². The quantitative estimate of drug-likeness (QED) is 0.295. The van der Waals surface area contributed by atoms with E-state index in [0.717, 1.165) is 10.1 Å². The molecule has 0 spiro atoms. The minimum Gasteiger partial charge on any atom is -0.496 e. The third-order valence-electron chi connectivity index (χ3n) is 8.05. The molecule has 1 N–H and O–H groups in total. The van der Waals surface area contributed by atoms with E-state index in [4.69, 9.17) is 18.6 Å². The molecular weight excluding hydrogens is 550 g/mol. The molecule has 216 valence electrons. The van der Waals surface area contributed by atoms with Gasteiger partial charge in [0.05, 0.1) is 41.6 Å². The summed E-state index contributed by atoms with van der Waals surface area (Å²) in [6.07, 6.45) is 4.53. The summed E-state index contributed by atoms with van der Waals surface area (Å²) in [5.41, 5.74) is -0.820. The van der Waals surface area contributed by atoms with Gasteiger partial charge in [-0.15, -0.1) is 11.3 Å². The first kappa shape index (κ1) is 27.4. The monoisotopic (exact) mass is 581 g/mol. The van der Waals surface area contributed by atoms with E-state index >= 15 is 0 Å². The number of aryl methyl sites for hydroxylation is 1. The molecule has 4 heterocycles. The lowest BCUT2D eigenvalue weighted by Crippen LogP contribution is -2.43. The van der Waals surface area contributed by atoms with Crippen LogP contribution in [0.4, 0.5) is 0 Å². The van der Waals surface area contributed by atoms with Gasteiger partial charge in [0.2, 0.25) is 5.89 Å². The van der Waals surface area contributed by atoms with Crippen molar-refractivity contribution < 1.29 is 28.5 Å². The highest BCUT2D eigenvalue weighted by Crippen LogP contribution is 2.47. The third kappa shape index (κ3) is 5.00. The van der Waals surface area contributed by atoms with Crippen LogP contribution < -0.4 is 16.0 Å². The zero-order valence-corrected chi connectivity index (χ0v) is 23.6. The zero-order valence-electron chi connectivity index (χ0n) is 22.8. The van der Waals surface area contributed by atoms with Crippen LogP contribution in [0.1, 0.15) is 42.9 Å². The van der Waals surface area contributed by atoms with Gasteiger partial charge in [0.1, 0.15) is 22.9 Å². The van der Waals surface area contributed by atoms with Crippen LogP contribution >= 0.6 is 11.3 Å². The van der Waals surface area contributed by atoms with Crippen LogP contribution in [0.5, 0.6) is 5.75 Å². The van der Waals surface area contributed by atoms with Crippen molar-refractivity contribution >= 4 is 27.5 Å². The number of methoxy groups -OCH3 is 1. The molecule has 1 aromatic carbocycles. The molecule has 41 heavy (non-hydrogen) atoms. The van der Waals surface area contributed by atoms with Gasteiger partial charge in [-0.25, -0.2) is 9.78 Å². The molecule has 0 unspecified atom stereocenters. The molecule has 1 saturated carbocycles. The lowest BCUT2D eigenvalue weighted by atomic mass is 10.1. The van der Waals surface area contributed by atoms with Crippen molar-refractivity contribution in [1.82, 2.24) is 14.1 Å². The Balaban J connectivity index is 1.53. The highest BCUT2D eigenvalue weighted by molar-refractivity contribution is 7.22. The van der Waals surface area contributed by atoms with E-state index in [1.165, 1.54) is 28.4 Å². The van der Waals surface area contributed by atoms with Gasteiger partial charge in [-0.2, -0.15) is 0 Å². The van der Waals surface area contributed by atoms with Crippen molar-refractivity contribution in [3.8, 4) is 16.5 Å². The van der Waals surface area contributed by atoms with Crippen LogP contribution in [-0.4, -0.2) is 51.6 Å². The van der Waals surface area contributed by atoms with Crippen LogP contribution in [0.3, 0.4) is 0 Å². The summed E-state index contributed by atoms with van der Waals surface area (Å²) in [6.45, 7) is 2.84. The summed E-state index contributed by atoms with van der Waals surface area (Å²) >= 11 is 1.25. The topological polar surface area (TPSA) is 135 Å². The molecule has 1 atom stereocenters. The molecular formula is C29H31N3O8S. The van der Waals surface area contributed by atoms with E-state index in [1.54, 1.807) is 14.0 Å². The maximum atomic E-state index is 14.1. The summed E-state index contributed by atoms with van der Waals surface area (Å²) < 4.78 is 26.0. The van der Waals surface area contributed by atoms with Crippen LogP contribution in [-0.2, 0) is 27.4 Å². The second kappa shape index (κ2) is 10.9. The maximum Gasteiger partial charge on any atom is 0.332 e. The number of rotatable bonds is 10. The van der Waals surface area contributed by atoms with Gasteiger partial charge in [-0.1, -0.05) is 18.2 Å². The van der Waals surface area contributed by atoms with Gasteiger partial charge < -0.3 is 23.7 Å². The van der Waals surface area contributed by atoms with Crippen LogP contribution in [0.15, 0.2) is 50.7 Å². The van der Waals surface area contributed by atoms with Crippen molar-refractivity contribution in [3.05, 3.63) is 68.7 Å². The van der Waals surface area contributed by atoms with Gasteiger partial charge in [0, 0.05) is 25.3 Å². The Kier molecular flexibility index (Phi) is 7.30. The Morgan fingerprint density at radius 3 is 2.63 bits per heavy atom. The highest BCUT2D eigenvalue weighted by Gasteiger charge is 2.51. The second-order valence-corrected chi connectivity index (χ2v) is 11.6. The Bertz CT molecular complexity index is 1690. The maximum absolute atomic E-state index is 14.1. The fourth-order valence-corrected chi connectivity index (χ4v) is 6.73. The normalized spacial score (nSPS) is 17.5. The Hall–Kier alpha value is -3.74. The molecule has 0 radical (unpaired) electrons. The minimum atomic E-state index is -1.12. The molecule has 4 aromatic rings. The van der Waals surface area contributed by atoms with E-state index in [1.807, 2.05) is 24.3 Å². The first-order valence-electron chi connectivity index (χ1n) is 13.6. The lowest BCUT2D eigenvalue weighted by Gasteiger charge is -2.29. The number of hydrogen-bond acceptors (Lipinski definition) is 9. The molecule has 2 fully saturated rings. The number of aromatic nitrogens is 3. The second-order valence-electron chi connectivity index (χ2n) is 10.6. The number of oxazole rings is 1. The molecule has 0 bridgehead atoms. The Labute approximate surface area is 238 Å². The van der Waals surface area contributed by atoms with E-state index in [9.17, 15) is 19.5 Å². The fourth-order valence-electron chi connectivity index (χ4n) is 5.49. The van der Waals surface area contributed by atoms with Gasteiger partial charge in [0.15, 0.2) is 0 Å². The van der Waals surface area contributed by atoms with E-state index in [2.05, 4.69) is 4.98 Å². The molecule has 2 aliphatic rings. The Morgan fingerprint density at radius 2 is 1.98 bits per heavy atom. The molecule has 1 saturated heterocycles. The number of fused-ring (bicyclic) bond motifs is 1. The fraction of sp³-hybridized carbons (Fsp3) is 0.448.